The molecule has 3 aromatic rings. The maximum atomic E-state index is 13.7. The zero-order valence-corrected chi connectivity index (χ0v) is 16.7. The first kappa shape index (κ1) is 20.5. The van der Waals surface area contributed by atoms with Crippen molar-refractivity contribution in [1.29, 1.82) is 0 Å². The van der Waals surface area contributed by atoms with Crippen LogP contribution in [0.3, 0.4) is 0 Å². The number of sulfonamides is 1. The highest BCUT2D eigenvalue weighted by Crippen LogP contribution is 2.19. The molecule has 3 rings (SSSR count). The smallest absolute Gasteiger partial charge is 0.261 e. The number of rotatable bonds is 7. The third-order valence-corrected chi connectivity index (χ3v) is 5.75. The van der Waals surface area contributed by atoms with Gasteiger partial charge in [0.1, 0.15) is 5.82 Å². The molecule has 0 heterocycles. The van der Waals surface area contributed by atoms with Gasteiger partial charge in [0.25, 0.3) is 15.9 Å². The largest absolute Gasteiger partial charge is 0.352 e. The first-order valence-corrected chi connectivity index (χ1v) is 10.5. The van der Waals surface area contributed by atoms with E-state index in [2.05, 4.69) is 10.0 Å². The molecule has 1 amide bonds. The van der Waals surface area contributed by atoms with Crippen LogP contribution in [0, 0.1) is 12.7 Å². The fourth-order valence-corrected chi connectivity index (χ4v) is 3.81. The van der Waals surface area contributed by atoms with E-state index in [1.807, 2.05) is 30.3 Å². The second kappa shape index (κ2) is 8.87. The van der Waals surface area contributed by atoms with Crippen molar-refractivity contribution in [2.24, 2.45) is 0 Å². The van der Waals surface area contributed by atoms with Crippen molar-refractivity contribution in [3.8, 4) is 0 Å². The summed E-state index contributed by atoms with van der Waals surface area (Å²) in [5.74, 6) is -0.900. The van der Waals surface area contributed by atoms with Crippen molar-refractivity contribution in [1.82, 2.24) is 5.32 Å². The van der Waals surface area contributed by atoms with E-state index < -0.39 is 15.8 Å². The summed E-state index contributed by atoms with van der Waals surface area (Å²) in [7, 11) is -3.97. The summed E-state index contributed by atoms with van der Waals surface area (Å²) in [6, 6.07) is 19.6. The van der Waals surface area contributed by atoms with Gasteiger partial charge in [-0.15, -0.1) is 0 Å². The molecule has 5 nitrogen and oxygen atoms in total. The lowest BCUT2D eigenvalue weighted by molar-refractivity contribution is 0.0954. The predicted octanol–water partition coefficient (Wildman–Crippen LogP) is 3.91. The number of anilines is 1. The van der Waals surface area contributed by atoms with Gasteiger partial charge in [-0.25, -0.2) is 12.8 Å². The first-order valence-electron chi connectivity index (χ1n) is 9.06. The van der Waals surface area contributed by atoms with E-state index in [1.54, 1.807) is 19.1 Å². The Morgan fingerprint density at radius 3 is 2.45 bits per heavy atom. The van der Waals surface area contributed by atoms with Crippen LogP contribution in [0.1, 0.15) is 21.5 Å². The van der Waals surface area contributed by atoms with Crippen molar-refractivity contribution < 1.29 is 17.6 Å². The number of nitrogens with one attached hydrogen (secondary N) is 2. The average molecular weight is 412 g/mol. The zero-order chi connectivity index (χ0) is 20.9. The molecule has 0 fully saturated rings. The Bertz CT molecular complexity index is 1120. The number of carbonyl (C=O) groups excluding carboxylic acids is 1. The Kier molecular flexibility index (Phi) is 6.29. The molecule has 0 bridgehead atoms. The number of hydrogen-bond acceptors (Lipinski definition) is 3. The first-order chi connectivity index (χ1) is 13.8. The molecule has 0 spiro atoms. The van der Waals surface area contributed by atoms with Gasteiger partial charge in [-0.1, -0.05) is 42.5 Å². The van der Waals surface area contributed by atoms with Crippen LogP contribution in [0.4, 0.5) is 10.1 Å². The Balaban J connectivity index is 1.66. The molecule has 0 saturated heterocycles. The van der Waals surface area contributed by atoms with Crippen LogP contribution < -0.4 is 10.0 Å². The maximum absolute atomic E-state index is 13.7. The fraction of sp³-hybridized carbons (Fsp3) is 0.136. The minimum absolute atomic E-state index is 0.182. The summed E-state index contributed by atoms with van der Waals surface area (Å²) < 4.78 is 41.1. The molecule has 0 aromatic heterocycles. The number of amides is 1. The highest BCUT2D eigenvalue weighted by Gasteiger charge is 2.16. The molecule has 0 unspecified atom stereocenters. The molecule has 2 N–H and O–H groups in total. The van der Waals surface area contributed by atoms with Gasteiger partial charge < -0.3 is 5.32 Å². The van der Waals surface area contributed by atoms with Crippen LogP contribution in [-0.4, -0.2) is 20.9 Å². The van der Waals surface area contributed by atoms with Crippen LogP contribution >= 0.6 is 0 Å². The van der Waals surface area contributed by atoms with Crippen molar-refractivity contribution in [3.63, 3.8) is 0 Å². The Hall–Kier alpha value is -3.19. The second-order valence-electron chi connectivity index (χ2n) is 6.59. The third kappa shape index (κ3) is 5.42. The van der Waals surface area contributed by atoms with Crippen LogP contribution in [-0.2, 0) is 16.4 Å². The SMILES string of the molecule is Cc1ccc(S(=O)(=O)Nc2cccc(C(=O)NCCc3ccccc3)c2)cc1F. The number of aryl methyl sites for hydroxylation is 1. The van der Waals surface area contributed by atoms with E-state index in [4.69, 9.17) is 0 Å². The number of benzene rings is 3. The standard InChI is InChI=1S/C22H21FN2O3S/c1-16-10-11-20(15-21(16)23)29(27,28)25-19-9-5-8-18(14-19)22(26)24-13-12-17-6-3-2-4-7-17/h2-11,14-15,25H,12-13H2,1H3,(H,24,26). The van der Waals surface area contributed by atoms with E-state index in [-0.39, 0.29) is 16.5 Å². The monoisotopic (exact) mass is 412 g/mol. The van der Waals surface area contributed by atoms with Crippen molar-refractivity contribution in [2.75, 3.05) is 11.3 Å². The number of carbonyl (C=O) groups is 1. The topological polar surface area (TPSA) is 75.3 Å². The quantitative estimate of drug-likeness (QED) is 0.618. The van der Waals surface area contributed by atoms with Crippen molar-refractivity contribution in [3.05, 3.63) is 95.3 Å². The molecule has 0 aliphatic rings. The van der Waals surface area contributed by atoms with Gasteiger partial charge in [0.2, 0.25) is 0 Å². The van der Waals surface area contributed by atoms with E-state index in [9.17, 15) is 17.6 Å². The lowest BCUT2D eigenvalue weighted by atomic mass is 10.1. The van der Waals surface area contributed by atoms with Gasteiger partial charge in [-0.05, 0) is 54.8 Å². The molecular weight excluding hydrogens is 391 g/mol. The van der Waals surface area contributed by atoms with Crippen molar-refractivity contribution >= 4 is 21.6 Å². The zero-order valence-electron chi connectivity index (χ0n) is 15.9. The third-order valence-electron chi connectivity index (χ3n) is 4.37. The van der Waals surface area contributed by atoms with E-state index >= 15 is 0 Å². The number of halogens is 1. The molecule has 0 aliphatic carbocycles. The molecule has 3 aromatic carbocycles. The van der Waals surface area contributed by atoms with Gasteiger partial charge in [0, 0.05) is 17.8 Å². The summed E-state index contributed by atoms with van der Waals surface area (Å²) in [5, 5.41) is 2.82. The Morgan fingerprint density at radius 1 is 0.966 bits per heavy atom. The average Bonchev–Trinajstić information content (AvgIpc) is 2.70. The molecule has 0 atom stereocenters. The summed E-state index contributed by atoms with van der Waals surface area (Å²) in [6.07, 6.45) is 0.692. The maximum Gasteiger partial charge on any atom is 0.261 e. The summed E-state index contributed by atoms with van der Waals surface area (Å²) in [6.45, 7) is 2.01. The molecule has 29 heavy (non-hydrogen) atoms. The number of hydrogen-bond donors (Lipinski definition) is 2. The molecule has 7 heteroatoms. The van der Waals surface area contributed by atoms with Gasteiger partial charge >= 0.3 is 0 Å². The second-order valence-corrected chi connectivity index (χ2v) is 8.27. The van der Waals surface area contributed by atoms with Crippen LogP contribution in [0.25, 0.3) is 0 Å². The normalized spacial score (nSPS) is 11.1. The van der Waals surface area contributed by atoms with Gasteiger partial charge in [-0.3, -0.25) is 9.52 Å². The lowest BCUT2D eigenvalue weighted by Gasteiger charge is -2.11. The minimum atomic E-state index is -3.97. The molecule has 0 saturated carbocycles. The highest BCUT2D eigenvalue weighted by atomic mass is 32.2. The fourth-order valence-electron chi connectivity index (χ4n) is 2.75. The molecule has 0 aliphatic heterocycles. The molecule has 0 radical (unpaired) electrons. The van der Waals surface area contributed by atoms with Crippen LogP contribution in [0.2, 0.25) is 0 Å². The Morgan fingerprint density at radius 2 is 1.72 bits per heavy atom. The Labute approximate surface area is 169 Å². The predicted molar refractivity (Wildman–Crippen MR) is 111 cm³/mol. The highest BCUT2D eigenvalue weighted by molar-refractivity contribution is 7.92. The summed E-state index contributed by atoms with van der Waals surface area (Å²) in [5.41, 5.74) is 2.02. The summed E-state index contributed by atoms with van der Waals surface area (Å²) in [4.78, 5) is 12.2. The minimum Gasteiger partial charge on any atom is -0.352 e. The van der Waals surface area contributed by atoms with Crippen LogP contribution in [0.15, 0.2) is 77.7 Å². The van der Waals surface area contributed by atoms with Gasteiger partial charge in [-0.2, -0.15) is 0 Å². The van der Waals surface area contributed by atoms with E-state index in [0.717, 1.165) is 11.6 Å². The van der Waals surface area contributed by atoms with E-state index in [0.29, 0.717) is 24.1 Å². The summed E-state index contributed by atoms with van der Waals surface area (Å²) >= 11 is 0. The van der Waals surface area contributed by atoms with E-state index in [1.165, 1.54) is 24.3 Å². The van der Waals surface area contributed by atoms with Gasteiger partial charge in [0.05, 0.1) is 4.90 Å². The van der Waals surface area contributed by atoms with Gasteiger partial charge in [0.15, 0.2) is 0 Å². The molecular formula is C22H21FN2O3S. The van der Waals surface area contributed by atoms with Crippen molar-refractivity contribution in [2.45, 2.75) is 18.2 Å². The lowest BCUT2D eigenvalue weighted by Crippen LogP contribution is -2.25. The van der Waals surface area contributed by atoms with Crippen LogP contribution in [0.5, 0.6) is 0 Å². The molecule has 150 valence electrons.